The predicted octanol–water partition coefficient (Wildman–Crippen LogP) is 2.95. The molecule has 0 saturated carbocycles. The van der Waals surface area contributed by atoms with Crippen molar-refractivity contribution in [3.05, 3.63) is 34.9 Å². The maximum absolute atomic E-state index is 11.7. The highest BCUT2D eigenvalue weighted by atomic mass is 16.5. The second-order valence-corrected chi connectivity index (χ2v) is 5.06. The summed E-state index contributed by atoms with van der Waals surface area (Å²) < 4.78 is 5.02. The van der Waals surface area contributed by atoms with E-state index < -0.39 is 0 Å². The van der Waals surface area contributed by atoms with E-state index in [1.165, 1.54) is 11.1 Å². The Balaban J connectivity index is 2.07. The molecule has 0 radical (unpaired) electrons. The lowest BCUT2D eigenvalue weighted by molar-refractivity contribution is -0.108. The van der Waals surface area contributed by atoms with E-state index in [1.807, 2.05) is 25.1 Å². The molecule has 1 aromatic carbocycles. The van der Waals surface area contributed by atoms with Crippen LogP contribution in [0.5, 0.6) is 0 Å². The summed E-state index contributed by atoms with van der Waals surface area (Å²) >= 11 is 0. The SMILES string of the molecule is CCOC(=O)c1ccc2c(c1)CC[C@@H](CCC=O)C2. The number of fused-ring (bicyclic) bond motifs is 1. The highest BCUT2D eigenvalue weighted by Gasteiger charge is 2.19. The molecule has 0 aromatic heterocycles. The smallest absolute Gasteiger partial charge is 0.338 e. The second-order valence-electron chi connectivity index (χ2n) is 5.06. The fraction of sp³-hybridized carbons (Fsp3) is 0.500. The van der Waals surface area contributed by atoms with Gasteiger partial charge in [0, 0.05) is 6.42 Å². The van der Waals surface area contributed by atoms with E-state index in [1.54, 1.807) is 0 Å². The molecule has 0 fully saturated rings. The Morgan fingerprint density at radius 3 is 3.00 bits per heavy atom. The Labute approximate surface area is 114 Å². The Kier molecular flexibility index (Phi) is 4.72. The van der Waals surface area contributed by atoms with Gasteiger partial charge in [-0.1, -0.05) is 6.07 Å². The van der Waals surface area contributed by atoms with Crippen molar-refractivity contribution in [2.24, 2.45) is 5.92 Å². The first-order valence-electron chi connectivity index (χ1n) is 6.97. The number of hydrogen-bond acceptors (Lipinski definition) is 3. The zero-order valence-electron chi connectivity index (χ0n) is 11.4. The quantitative estimate of drug-likeness (QED) is 0.604. The Morgan fingerprint density at radius 2 is 2.26 bits per heavy atom. The van der Waals surface area contributed by atoms with Crippen molar-refractivity contribution in [2.75, 3.05) is 6.61 Å². The molecule has 3 heteroatoms. The number of hydrogen-bond donors (Lipinski definition) is 0. The largest absolute Gasteiger partial charge is 0.462 e. The molecular weight excluding hydrogens is 240 g/mol. The molecule has 1 atom stereocenters. The van der Waals surface area contributed by atoms with Crippen LogP contribution in [0.2, 0.25) is 0 Å². The number of carbonyl (C=O) groups excluding carboxylic acids is 2. The minimum Gasteiger partial charge on any atom is -0.462 e. The zero-order valence-corrected chi connectivity index (χ0v) is 11.4. The predicted molar refractivity (Wildman–Crippen MR) is 73.2 cm³/mol. The van der Waals surface area contributed by atoms with E-state index in [4.69, 9.17) is 4.74 Å². The molecule has 0 unspecified atom stereocenters. The van der Waals surface area contributed by atoms with E-state index in [0.29, 0.717) is 24.5 Å². The maximum Gasteiger partial charge on any atom is 0.338 e. The maximum atomic E-state index is 11.7. The fourth-order valence-electron chi connectivity index (χ4n) is 2.72. The number of aldehydes is 1. The van der Waals surface area contributed by atoms with E-state index in [9.17, 15) is 9.59 Å². The van der Waals surface area contributed by atoms with Gasteiger partial charge in [0.15, 0.2) is 0 Å². The van der Waals surface area contributed by atoms with Crippen LogP contribution in [0.3, 0.4) is 0 Å². The lowest BCUT2D eigenvalue weighted by Crippen LogP contribution is -2.15. The van der Waals surface area contributed by atoms with E-state index in [0.717, 1.165) is 32.0 Å². The molecule has 2 rings (SSSR count). The molecule has 0 heterocycles. The number of benzene rings is 1. The summed E-state index contributed by atoms with van der Waals surface area (Å²) in [6.07, 6.45) is 5.74. The summed E-state index contributed by atoms with van der Waals surface area (Å²) in [4.78, 5) is 22.1. The van der Waals surface area contributed by atoms with Crippen molar-refractivity contribution < 1.29 is 14.3 Å². The van der Waals surface area contributed by atoms with Crippen LogP contribution < -0.4 is 0 Å². The van der Waals surface area contributed by atoms with Crippen LogP contribution in [0, 0.1) is 5.92 Å². The van der Waals surface area contributed by atoms with Crippen LogP contribution >= 0.6 is 0 Å². The van der Waals surface area contributed by atoms with Crippen molar-refractivity contribution in [2.45, 2.75) is 39.0 Å². The van der Waals surface area contributed by atoms with Gasteiger partial charge in [-0.25, -0.2) is 4.79 Å². The Bertz CT molecular complexity index is 465. The van der Waals surface area contributed by atoms with Crippen LogP contribution in [-0.2, 0) is 22.4 Å². The Hall–Kier alpha value is -1.64. The summed E-state index contributed by atoms with van der Waals surface area (Å²) in [5, 5.41) is 0. The van der Waals surface area contributed by atoms with Crippen LogP contribution in [0.1, 0.15) is 47.7 Å². The molecule has 3 nitrogen and oxygen atoms in total. The molecule has 0 amide bonds. The number of esters is 1. The first kappa shape index (κ1) is 13.8. The van der Waals surface area contributed by atoms with Gasteiger partial charge in [-0.15, -0.1) is 0 Å². The molecule has 1 aliphatic rings. The fourth-order valence-corrected chi connectivity index (χ4v) is 2.72. The first-order chi connectivity index (χ1) is 9.24. The summed E-state index contributed by atoms with van der Waals surface area (Å²) in [5.74, 6) is 0.361. The van der Waals surface area contributed by atoms with Gasteiger partial charge in [0.1, 0.15) is 6.29 Å². The molecule has 0 bridgehead atoms. The van der Waals surface area contributed by atoms with Gasteiger partial charge >= 0.3 is 5.97 Å². The second kappa shape index (κ2) is 6.50. The highest BCUT2D eigenvalue weighted by molar-refractivity contribution is 5.89. The monoisotopic (exact) mass is 260 g/mol. The summed E-state index contributed by atoms with van der Waals surface area (Å²) in [5.41, 5.74) is 3.22. The molecule has 102 valence electrons. The molecule has 0 aliphatic heterocycles. The number of rotatable bonds is 5. The topological polar surface area (TPSA) is 43.4 Å². The molecule has 19 heavy (non-hydrogen) atoms. The lowest BCUT2D eigenvalue weighted by Gasteiger charge is -2.24. The van der Waals surface area contributed by atoms with Crippen molar-refractivity contribution >= 4 is 12.3 Å². The Morgan fingerprint density at radius 1 is 1.42 bits per heavy atom. The zero-order chi connectivity index (χ0) is 13.7. The third-order valence-electron chi connectivity index (χ3n) is 3.74. The van der Waals surface area contributed by atoms with Gasteiger partial charge in [-0.2, -0.15) is 0 Å². The van der Waals surface area contributed by atoms with Gasteiger partial charge in [-0.05, 0) is 61.8 Å². The standard InChI is InChI=1S/C16H20O3/c1-2-19-16(18)15-8-7-13-10-12(4-3-9-17)5-6-14(13)11-15/h7-9,11-12H,2-6,10H2,1H3/t12-/m1/s1. The normalized spacial score (nSPS) is 17.6. The van der Waals surface area contributed by atoms with Gasteiger partial charge in [0.2, 0.25) is 0 Å². The molecule has 1 aromatic rings. The van der Waals surface area contributed by atoms with Crippen molar-refractivity contribution in [1.29, 1.82) is 0 Å². The van der Waals surface area contributed by atoms with Crippen molar-refractivity contribution in [1.82, 2.24) is 0 Å². The molecule has 1 aliphatic carbocycles. The van der Waals surface area contributed by atoms with Crippen LogP contribution in [0.4, 0.5) is 0 Å². The van der Waals surface area contributed by atoms with Crippen LogP contribution in [0.15, 0.2) is 18.2 Å². The molecular formula is C16H20O3. The van der Waals surface area contributed by atoms with E-state index in [-0.39, 0.29) is 5.97 Å². The van der Waals surface area contributed by atoms with Gasteiger partial charge in [0.25, 0.3) is 0 Å². The summed E-state index contributed by atoms with van der Waals surface area (Å²) in [7, 11) is 0. The van der Waals surface area contributed by atoms with Gasteiger partial charge in [-0.3, -0.25) is 0 Å². The molecule has 0 spiro atoms. The van der Waals surface area contributed by atoms with Crippen molar-refractivity contribution in [3.63, 3.8) is 0 Å². The third kappa shape index (κ3) is 3.43. The number of carbonyl (C=O) groups is 2. The first-order valence-corrected chi connectivity index (χ1v) is 6.97. The molecule has 0 saturated heterocycles. The van der Waals surface area contributed by atoms with Crippen LogP contribution in [0.25, 0.3) is 0 Å². The lowest BCUT2D eigenvalue weighted by atomic mass is 9.81. The minimum absolute atomic E-state index is 0.242. The summed E-state index contributed by atoms with van der Waals surface area (Å²) in [6, 6.07) is 5.84. The third-order valence-corrected chi connectivity index (χ3v) is 3.74. The van der Waals surface area contributed by atoms with E-state index in [2.05, 4.69) is 0 Å². The van der Waals surface area contributed by atoms with Crippen molar-refractivity contribution in [3.8, 4) is 0 Å². The van der Waals surface area contributed by atoms with E-state index >= 15 is 0 Å². The highest BCUT2D eigenvalue weighted by Crippen LogP contribution is 2.29. The van der Waals surface area contributed by atoms with Gasteiger partial charge < -0.3 is 9.53 Å². The minimum atomic E-state index is -0.242. The number of ether oxygens (including phenoxy) is 1. The average molecular weight is 260 g/mol. The van der Waals surface area contributed by atoms with Crippen LogP contribution in [-0.4, -0.2) is 18.9 Å². The average Bonchev–Trinajstić information content (AvgIpc) is 2.44. The molecule has 0 N–H and O–H groups in total. The summed E-state index contributed by atoms with van der Waals surface area (Å²) in [6.45, 7) is 2.22. The van der Waals surface area contributed by atoms with Gasteiger partial charge in [0.05, 0.1) is 12.2 Å². The number of aryl methyl sites for hydroxylation is 1.